The van der Waals surface area contributed by atoms with Crippen molar-refractivity contribution in [2.45, 2.75) is 20.0 Å². The molecule has 0 radical (unpaired) electrons. The molecule has 1 N–H and O–H groups in total. The van der Waals surface area contributed by atoms with E-state index in [0.29, 0.717) is 18.7 Å². The summed E-state index contributed by atoms with van der Waals surface area (Å²) in [5, 5.41) is 7.37. The van der Waals surface area contributed by atoms with E-state index in [1.165, 1.54) is 6.07 Å². The van der Waals surface area contributed by atoms with Crippen LogP contribution in [-0.2, 0) is 20.1 Å². The first-order chi connectivity index (χ1) is 8.15. The molecule has 90 valence electrons. The Kier molecular flexibility index (Phi) is 3.49. The van der Waals surface area contributed by atoms with E-state index in [1.54, 1.807) is 24.0 Å². The minimum atomic E-state index is -0.167. The van der Waals surface area contributed by atoms with Crippen molar-refractivity contribution < 1.29 is 4.39 Å². The highest BCUT2D eigenvalue weighted by Gasteiger charge is 2.00. The van der Waals surface area contributed by atoms with Gasteiger partial charge in [0.2, 0.25) is 0 Å². The van der Waals surface area contributed by atoms with Crippen LogP contribution in [0.15, 0.2) is 24.5 Å². The van der Waals surface area contributed by atoms with Crippen LogP contribution in [0.2, 0.25) is 0 Å². The molecule has 0 fully saturated rings. The molecule has 0 aliphatic rings. The van der Waals surface area contributed by atoms with Crippen molar-refractivity contribution in [1.29, 1.82) is 0 Å². The van der Waals surface area contributed by atoms with Gasteiger partial charge in [-0.05, 0) is 24.1 Å². The maximum absolute atomic E-state index is 13.0. The van der Waals surface area contributed by atoms with Gasteiger partial charge in [0.05, 0.1) is 6.54 Å². The molecule has 1 heterocycles. The highest BCUT2D eigenvalue weighted by Crippen LogP contribution is 2.08. The van der Waals surface area contributed by atoms with Crippen molar-refractivity contribution in [1.82, 2.24) is 20.1 Å². The molecule has 2 aromatic rings. The lowest BCUT2D eigenvalue weighted by Gasteiger charge is -2.04. The summed E-state index contributed by atoms with van der Waals surface area (Å²) >= 11 is 0. The van der Waals surface area contributed by atoms with Gasteiger partial charge >= 0.3 is 0 Å². The molecule has 0 aliphatic carbocycles. The molecule has 1 aromatic heterocycles. The topological polar surface area (TPSA) is 42.7 Å². The van der Waals surface area contributed by atoms with Gasteiger partial charge in [-0.15, -0.1) is 0 Å². The first kappa shape index (κ1) is 11.7. The Labute approximate surface area is 99.5 Å². The van der Waals surface area contributed by atoms with E-state index in [9.17, 15) is 4.39 Å². The van der Waals surface area contributed by atoms with Gasteiger partial charge in [-0.1, -0.05) is 12.1 Å². The van der Waals surface area contributed by atoms with Gasteiger partial charge in [-0.2, -0.15) is 5.10 Å². The molecule has 0 saturated carbocycles. The second-order valence-electron chi connectivity index (χ2n) is 4.02. The predicted octanol–water partition coefficient (Wildman–Crippen LogP) is 1.55. The molecule has 17 heavy (non-hydrogen) atoms. The summed E-state index contributed by atoms with van der Waals surface area (Å²) in [4.78, 5) is 4.11. The summed E-state index contributed by atoms with van der Waals surface area (Å²) in [6.45, 7) is 3.05. The number of hydrogen-bond acceptors (Lipinski definition) is 3. The van der Waals surface area contributed by atoms with Gasteiger partial charge in [0.15, 0.2) is 5.82 Å². The lowest BCUT2D eigenvalue weighted by atomic mass is 10.1. The third kappa shape index (κ3) is 3.10. The monoisotopic (exact) mass is 234 g/mol. The molecule has 0 saturated heterocycles. The Balaban J connectivity index is 1.87. The van der Waals surface area contributed by atoms with Crippen molar-refractivity contribution in [2.75, 3.05) is 0 Å². The fourth-order valence-corrected chi connectivity index (χ4v) is 1.60. The second-order valence-corrected chi connectivity index (χ2v) is 4.02. The first-order valence-electron chi connectivity index (χ1n) is 5.45. The number of halogens is 1. The van der Waals surface area contributed by atoms with Crippen LogP contribution in [0.5, 0.6) is 0 Å². The van der Waals surface area contributed by atoms with Crippen molar-refractivity contribution >= 4 is 0 Å². The van der Waals surface area contributed by atoms with Gasteiger partial charge in [0, 0.05) is 13.6 Å². The van der Waals surface area contributed by atoms with Gasteiger partial charge in [0.25, 0.3) is 0 Å². The van der Waals surface area contributed by atoms with Crippen molar-refractivity contribution in [2.24, 2.45) is 7.05 Å². The SMILES string of the molecule is Cc1cc(CNCc2ncn(C)n2)ccc1F. The van der Waals surface area contributed by atoms with Crippen molar-refractivity contribution in [3.63, 3.8) is 0 Å². The molecular weight excluding hydrogens is 219 g/mol. The second kappa shape index (κ2) is 5.05. The Morgan fingerprint density at radius 3 is 2.82 bits per heavy atom. The lowest BCUT2D eigenvalue weighted by molar-refractivity contribution is 0.613. The molecule has 0 aliphatic heterocycles. The fraction of sp³-hybridized carbons (Fsp3) is 0.333. The number of rotatable bonds is 4. The lowest BCUT2D eigenvalue weighted by Crippen LogP contribution is -2.14. The van der Waals surface area contributed by atoms with Crippen LogP contribution in [0.4, 0.5) is 4.39 Å². The smallest absolute Gasteiger partial charge is 0.164 e. The van der Waals surface area contributed by atoms with Crippen molar-refractivity contribution in [3.8, 4) is 0 Å². The summed E-state index contributed by atoms with van der Waals surface area (Å²) in [7, 11) is 1.83. The number of aryl methyl sites for hydroxylation is 2. The summed E-state index contributed by atoms with van der Waals surface area (Å²) in [5.41, 5.74) is 1.72. The van der Waals surface area contributed by atoms with Gasteiger partial charge < -0.3 is 5.32 Å². The van der Waals surface area contributed by atoms with Crippen LogP contribution in [0.3, 0.4) is 0 Å². The molecule has 0 unspecified atom stereocenters. The molecule has 0 bridgehead atoms. The van der Waals surface area contributed by atoms with E-state index in [2.05, 4.69) is 15.4 Å². The van der Waals surface area contributed by atoms with Crippen LogP contribution < -0.4 is 5.32 Å². The van der Waals surface area contributed by atoms with Crippen LogP contribution >= 0.6 is 0 Å². The molecule has 0 amide bonds. The Hall–Kier alpha value is -1.75. The van der Waals surface area contributed by atoms with E-state index < -0.39 is 0 Å². The first-order valence-corrected chi connectivity index (χ1v) is 5.45. The van der Waals surface area contributed by atoms with Crippen LogP contribution in [-0.4, -0.2) is 14.8 Å². The molecule has 1 aromatic carbocycles. The van der Waals surface area contributed by atoms with E-state index in [4.69, 9.17) is 0 Å². The maximum atomic E-state index is 13.0. The maximum Gasteiger partial charge on any atom is 0.164 e. The van der Waals surface area contributed by atoms with Crippen molar-refractivity contribution in [3.05, 3.63) is 47.3 Å². The quantitative estimate of drug-likeness (QED) is 0.872. The van der Waals surface area contributed by atoms with Gasteiger partial charge in [-0.3, -0.25) is 4.68 Å². The van der Waals surface area contributed by atoms with E-state index in [-0.39, 0.29) is 5.82 Å². The van der Waals surface area contributed by atoms with Crippen LogP contribution in [0.25, 0.3) is 0 Å². The molecule has 4 nitrogen and oxygen atoms in total. The minimum absolute atomic E-state index is 0.167. The highest BCUT2D eigenvalue weighted by atomic mass is 19.1. The zero-order valence-electron chi connectivity index (χ0n) is 9.94. The summed E-state index contributed by atoms with van der Waals surface area (Å²) < 4.78 is 14.7. The molecule has 5 heteroatoms. The number of nitrogens with one attached hydrogen (secondary N) is 1. The zero-order valence-corrected chi connectivity index (χ0v) is 9.94. The van der Waals surface area contributed by atoms with Crippen LogP contribution in [0, 0.1) is 12.7 Å². The standard InChI is InChI=1S/C12H15FN4/c1-9-5-10(3-4-11(9)13)6-14-7-12-15-8-17(2)16-12/h3-5,8,14H,6-7H2,1-2H3. The third-order valence-corrected chi connectivity index (χ3v) is 2.48. The number of benzene rings is 1. The fourth-order valence-electron chi connectivity index (χ4n) is 1.60. The third-order valence-electron chi connectivity index (χ3n) is 2.48. The average molecular weight is 234 g/mol. The predicted molar refractivity (Wildman–Crippen MR) is 62.7 cm³/mol. The number of aromatic nitrogens is 3. The largest absolute Gasteiger partial charge is 0.306 e. The van der Waals surface area contributed by atoms with Crippen LogP contribution in [0.1, 0.15) is 17.0 Å². The highest BCUT2D eigenvalue weighted by molar-refractivity contribution is 5.23. The summed E-state index contributed by atoms with van der Waals surface area (Å²) in [5.74, 6) is 0.589. The van der Waals surface area contributed by atoms with Gasteiger partial charge in [0.1, 0.15) is 12.1 Å². The summed E-state index contributed by atoms with van der Waals surface area (Å²) in [6, 6.07) is 5.11. The molecule has 0 spiro atoms. The molecule has 0 atom stereocenters. The number of nitrogens with zero attached hydrogens (tertiary/aromatic N) is 3. The van der Waals surface area contributed by atoms with E-state index in [0.717, 1.165) is 11.4 Å². The average Bonchev–Trinajstić information content (AvgIpc) is 2.70. The normalized spacial score (nSPS) is 10.8. The minimum Gasteiger partial charge on any atom is -0.306 e. The zero-order chi connectivity index (χ0) is 12.3. The van der Waals surface area contributed by atoms with Gasteiger partial charge in [-0.25, -0.2) is 9.37 Å². The Morgan fingerprint density at radius 1 is 1.35 bits per heavy atom. The van der Waals surface area contributed by atoms with E-state index >= 15 is 0 Å². The van der Waals surface area contributed by atoms with E-state index in [1.807, 2.05) is 13.1 Å². The summed E-state index contributed by atoms with van der Waals surface area (Å²) in [6.07, 6.45) is 1.67. The number of hydrogen-bond donors (Lipinski definition) is 1. The Bertz CT molecular complexity index is 507. The molecular formula is C12H15FN4. The Morgan fingerprint density at radius 2 is 2.18 bits per heavy atom. The molecule has 2 rings (SSSR count).